The second-order valence-corrected chi connectivity index (χ2v) is 10.9. The number of para-hydroxylation sites is 1. The molecular weight excluding hydrogens is 426 g/mol. The number of carbonyl (C=O) groups is 1. The predicted octanol–water partition coefficient (Wildman–Crippen LogP) is 3.20. The van der Waals surface area contributed by atoms with Gasteiger partial charge in [0.2, 0.25) is 5.91 Å². The number of aromatic nitrogens is 1. The van der Waals surface area contributed by atoms with Crippen LogP contribution in [0.25, 0.3) is 11.1 Å². The first-order chi connectivity index (χ1) is 15.3. The molecule has 2 aromatic rings. The number of rotatable bonds is 3. The lowest BCUT2D eigenvalue weighted by atomic mass is 10.1. The van der Waals surface area contributed by atoms with Gasteiger partial charge in [-0.05, 0) is 44.4 Å². The normalized spacial score (nSPS) is 21.9. The van der Waals surface area contributed by atoms with Crippen molar-refractivity contribution >= 4 is 15.7 Å². The second-order valence-electron chi connectivity index (χ2n) is 8.80. The molecule has 3 rings (SSSR count). The Morgan fingerprint density at radius 3 is 2.78 bits per heavy atom. The van der Waals surface area contributed by atoms with Crippen molar-refractivity contribution in [2.45, 2.75) is 57.0 Å². The van der Waals surface area contributed by atoms with Gasteiger partial charge in [0.1, 0.15) is 12.4 Å². The van der Waals surface area contributed by atoms with Crippen molar-refractivity contribution in [2.75, 3.05) is 18.9 Å². The van der Waals surface area contributed by atoms with E-state index >= 15 is 0 Å². The Kier molecular flexibility index (Phi) is 8.26. The number of fused-ring (bicyclic) bond motifs is 4. The highest BCUT2D eigenvalue weighted by atomic mass is 32.2. The number of nitrogens with one attached hydrogen (secondary N) is 2. The lowest BCUT2D eigenvalue weighted by molar-refractivity contribution is -0.124. The Labute approximate surface area is 190 Å². The molecule has 1 aromatic heterocycles. The first kappa shape index (κ1) is 24.2. The zero-order chi connectivity index (χ0) is 23.1. The molecule has 1 aliphatic rings. The molecule has 1 amide bonds. The van der Waals surface area contributed by atoms with Gasteiger partial charge in [0, 0.05) is 23.5 Å². The van der Waals surface area contributed by atoms with Crippen molar-refractivity contribution in [3.8, 4) is 16.9 Å². The number of nitrogens with zero attached hydrogens (tertiary/aromatic N) is 1. The summed E-state index contributed by atoms with van der Waals surface area (Å²) in [4.78, 5) is 17.3. The summed E-state index contributed by atoms with van der Waals surface area (Å²) >= 11 is 0. The molecular formula is C24H33N3O4S. The van der Waals surface area contributed by atoms with Crippen LogP contribution in [0.3, 0.4) is 0 Å². The monoisotopic (exact) mass is 459 g/mol. The lowest BCUT2D eigenvalue weighted by Gasteiger charge is -2.23. The molecule has 0 radical (unpaired) electrons. The van der Waals surface area contributed by atoms with Gasteiger partial charge in [-0.1, -0.05) is 38.5 Å². The van der Waals surface area contributed by atoms with Crippen molar-refractivity contribution in [1.82, 2.24) is 15.6 Å². The molecule has 8 heteroatoms. The highest BCUT2D eigenvalue weighted by Gasteiger charge is 2.22. The number of carbonyl (C=O) groups excluding carboxylic acids is 1. The van der Waals surface area contributed by atoms with Gasteiger partial charge in [-0.3, -0.25) is 9.78 Å². The quantitative estimate of drug-likeness (QED) is 0.732. The summed E-state index contributed by atoms with van der Waals surface area (Å²) in [5.41, 5.74) is 1.45. The molecule has 1 aliphatic heterocycles. The van der Waals surface area contributed by atoms with Crippen LogP contribution in [0.2, 0.25) is 0 Å². The van der Waals surface area contributed by atoms with Crippen molar-refractivity contribution in [3.63, 3.8) is 0 Å². The third kappa shape index (κ3) is 6.53. The van der Waals surface area contributed by atoms with E-state index in [1.54, 1.807) is 12.3 Å². The van der Waals surface area contributed by atoms with Crippen LogP contribution >= 0.6 is 0 Å². The fourth-order valence-corrected chi connectivity index (χ4v) is 4.98. The molecule has 0 fully saturated rings. The van der Waals surface area contributed by atoms with E-state index < -0.39 is 9.84 Å². The molecule has 2 heterocycles. The number of hydrogen-bond donors (Lipinski definition) is 2. The average Bonchev–Trinajstić information content (AvgIpc) is 2.76. The summed E-state index contributed by atoms with van der Waals surface area (Å²) in [6.07, 6.45) is 4.72. The number of sulfone groups is 1. The van der Waals surface area contributed by atoms with E-state index in [4.69, 9.17) is 4.74 Å². The van der Waals surface area contributed by atoms with Crippen LogP contribution in [0.1, 0.15) is 40.0 Å². The van der Waals surface area contributed by atoms with Gasteiger partial charge in [0.05, 0.1) is 22.7 Å². The van der Waals surface area contributed by atoms with Crippen LogP contribution in [-0.4, -0.2) is 50.3 Å². The van der Waals surface area contributed by atoms with Crippen molar-refractivity contribution in [1.29, 1.82) is 0 Å². The minimum Gasteiger partial charge on any atom is -0.491 e. The van der Waals surface area contributed by atoms with E-state index in [2.05, 4.69) is 29.5 Å². The standard InChI is InChI=1S/C24H33N3O4S/c1-17(2)13-26-22-9-6-7-11-32(29,30)20-12-19(14-25-15-20)21-8-4-5-10-23(21)31-16-18(3)27-24(22)28/h4-5,8,10,12,14-15,17-18,22,26H,6-7,9,11,13,16H2,1-3H3,(H,27,28)/t18-,22+/m1/s1. The number of amides is 1. The molecule has 0 saturated heterocycles. The predicted molar refractivity (Wildman–Crippen MR) is 125 cm³/mol. The fraction of sp³-hybridized carbons (Fsp3) is 0.500. The molecule has 0 unspecified atom stereocenters. The molecule has 0 saturated carbocycles. The van der Waals surface area contributed by atoms with Crippen LogP contribution in [0, 0.1) is 5.92 Å². The molecule has 7 nitrogen and oxygen atoms in total. The molecule has 1 aromatic carbocycles. The number of pyridine rings is 1. The van der Waals surface area contributed by atoms with Crippen molar-refractivity contribution in [2.24, 2.45) is 5.92 Å². The highest BCUT2D eigenvalue weighted by Crippen LogP contribution is 2.31. The van der Waals surface area contributed by atoms with Crippen LogP contribution in [-0.2, 0) is 14.6 Å². The maximum absolute atomic E-state index is 12.9. The van der Waals surface area contributed by atoms with E-state index in [1.807, 2.05) is 31.2 Å². The third-order valence-corrected chi connectivity index (χ3v) is 7.16. The van der Waals surface area contributed by atoms with Crippen molar-refractivity contribution in [3.05, 3.63) is 42.7 Å². The smallest absolute Gasteiger partial charge is 0.237 e. The van der Waals surface area contributed by atoms with Gasteiger partial charge in [0.15, 0.2) is 9.84 Å². The molecule has 0 spiro atoms. The Hall–Kier alpha value is -2.45. The van der Waals surface area contributed by atoms with E-state index in [-0.39, 0.29) is 28.6 Å². The largest absolute Gasteiger partial charge is 0.491 e. The van der Waals surface area contributed by atoms with Gasteiger partial charge in [-0.15, -0.1) is 0 Å². The highest BCUT2D eigenvalue weighted by molar-refractivity contribution is 7.91. The SMILES string of the molecule is CC(C)CN[C@H]1CCCCS(=O)(=O)c2cncc(c2)-c2ccccc2OC[C@@H](C)NC1=O. The Balaban J connectivity index is 1.90. The van der Waals surface area contributed by atoms with E-state index in [1.165, 1.54) is 6.20 Å². The summed E-state index contributed by atoms with van der Waals surface area (Å²) in [5, 5.41) is 6.35. The summed E-state index contributed by atoms with van der Waals surface area (Å²) in [6.45, 7) is 7.10. The summed E-state index contributed by atoms with van der Waals surface area (Å²) < 4.78 is 31.8. The van der Waals surface area contributed by atoms with Gasteiger partial charge >= 0.3 is 0 Å². The number of benzene rings is 1. The van der Waals surface area contributed by atoms with Gasteiger partial charge in [0.25, 0.3) is 0 Å². The summed E-state index contributed by atoms with van der Waals surface area (Å²) in [5.74, 6) is 0.956. The maximum atomic E-state index is 12.9. The first-order valence-corrected chi connectivity index (χ1v) is 12.9. The third-order valence-electron chi connectivity index (χ3n) is 5.39. The van der Waals surface area contributed by atoms with Crippen LogP contribution < -0.4 is 15.4 Å². The Morgan fingerprint density at radius 2 is 2.00 bits per heavy atom. The van der Waals surface area contributed by atoms with Crippen LogP contribution in [0.15, 0.2) is 47.6 Å². The van der Waals surface area contributed by atoms with E-state index in [0.717, 1.165) is 5.56 Å². The fourth-order valence-electron chi connectivity index (χ4n) is 3.63. The Morgan fingerprint density at radius 1 is 1.22 bits per heavy atom. The van der Waals surface area contributed by atoms with Gasteiger partial charge < -0.3 is 15.4 Å². The zero-order valence-corrected chi connectivity index (χ0v) is 19.8. The molecule has 174 valence electrons. The molecule has 0 aliphatic carbocycles. The number of hydrogen-bond acceptors (Lipinski definition) is 6. The van der Waals surface area contributed by atoms with Crippen molar-refractivity contribution < 1.29 is 17.9 Å². The first-order valence-electron chi connectivity index (χ1n) is 11.2. The molecule has 2 bridgehead atoms. The van der Waals surface area contributed by atoms with Gasteiger partial charge in [-0.25, -0.2) is 8.42 Å². The second kappa shape index (κ2) is 10.9. The summed E-state index contributed by atoms with van der Waals surface area (Å²) in [6, 6.07) is 8.55. The molecule has 2 N–H and O–H groups in total. The Bertz CT molecular complexity index is 1020. The summed E-state index contributed by atoms with van der Waals surface area (Å²) in [7, 11) is -3.48. The topological polar surface area (TPSA) is 97.4 Å². The molecule has 32 heavy (non-hydrogen) atoms. The van der Waals surface area contributed by atoms with Gasteiger partial charge in [-0.2, -0.15) is 0 Å². The lowest BCUT2D eigenvalue weighted by Crippen LogP contribution is -2.49. The minimum absolute atomic E-state index is 0.0191. The molecule has 2 atom stereocenters. The van der Waals surface area contributed by atoms with E-state index in [0.29, 0.717) is 49.6 Å². The van der Waals surface area contributed by atoms with Crippen LogP contribution in [0.5, 0.6) is 5.75 Å². The average molecular weight is 460 g/mol. The van der Waals surface area contributed by atoms with E-state index in [9.17, 15) is 13.2 Å². The number of ether oxygens (including phenoxy) is 1. The zero-order valence-electron chi connectivity index (χ0n) is 19.0. The minimum atomic E-state index is -3.48. The van der Waals surface area contributed by atoms with Crippen LogP contribution in [0.4, 0.5) is 0 Å². The maximum Gasteiger partial charge on any atom is 0.237 e.